The van der Waals surface area contributed by atoms with Gasteiger partial charge >= 0.3 is 0 Å². The second kappa shape index (κ2) is 17.2. The van der Waals surface area contributed by atoms with Gasteiger partial charge in [0, 0.05) is 38.9 Å². The molecular formula is C70H52N2. The van der Waals surface area contributed by atoms with Crippen molar-refractivity contribution in [3.05, 3.63) is 272 Å². The van der Waals surface area contributed by atoms with Gasteiger partial charge in [-0.05, 0) is 168 Å². The number of fused-ring (bicyclic) bond motifs is 10. The zero-order valence-corrected chi connectivity index (χ0v) is 40.8. The van der Waals surface area contributed by atoms with Crippen LogP contribution in [0.15, 0.2) is 261 Å². The molecule has 12 aromatic rings. The van der Waals surface area contributed by atoms with Gasteiger partial charge in [-0.2, -0.15) is 0 Å². The second-order valence-corrected chi connectivity index (χ2v) is 19.7. The summed E-state index contributed by atoms with van der Waals surface area (Å²) in [4.78, 5) is 2.38. The van der Waals surface area contributed by atoms with Crippen LogP contribution < -0.4 is 4.90 Å². The molecule has 2 heteroatoms. The number of rotatable bonds is 9. The summed E-state index contributed by atoms with van der Waals surface area (Å²) in [6, 6.07) is 85.1. The van der Waals surface area contributed by atoms with Gasteiger partial charge < -0.3 is 9.47 Å². The molecule has 0 spiro atoms. The summed E-state index contributed by atoms with van der Waals surface area (Å²) in [7, 11) is 0. The molecule has 1 aliphatic rings. The monoisotopic (exact) mass is 920 g/mol. The van der Waals surface area contributed by atoms with Gasteiger partial charge in [-0.15, -0.1) is 0 Å². The van der Waals surface area contributed by atoms with E-state index in [0.717, 1.165) is 28.3 Å². The first kappa shape index (κ1) is 43.1. The summed E-state index contributed by atoms with van der Waals surface area (Å²) in [5.74, 6) is 0. The van der Waals surface area contributed by atoms with Crippen LogP contribution in [-0.4, -0.2) is 4.57 Å². The number of hydrogen-bond acceptors (Lipinski definition) is 1. The van der Waals surface area contributed by atoms with E-state index in [1.54, 1.807) is 0 Å². The minimum atomic E-state index is -0.166. The zero-order chi connectivity index (χ0) is 48.5. The van der Waals surface area contributed by atoms with Gasteiger partial charge in [0.25, 0.3) is 0 Å². The maximum absolute atomic E-state index is 4.22. The van der Waals surface area contributed by atoms with E-state index < -0.39 is 0 Å². The lowest BCUT2D eigenvalue weighted by atomic mass is 9.80. The van der Waals surface area contributed by atoms with Gasteiger partial charge in [0.2, 0.25) is 0 Å². The number of nitrogens with zero attached hydrogens (tertiary/aromatic N) is 2. The van der Waals surface area contributed by atoms with Crippen molar-refractivity contribution in [3.63, 3.8) is 0 Å². The molecule has 1 heterocycles. The topological polar surface area (TPSA) is 8.17 Å². The van der Waals surface area contributed by atoms with Crippen LogP contribution in [-0.2, 0) is 5.41 Å². The van der Waals surface area contributed by atoms with Gasteiger partial charge in [-0.3, -0.25) is 0 Å². The molecule has 13 rings (SSSR count). The SMILES string of the molecule is C=CC1=C(/C=C\C)C(C)(C)c2cc(N(c3ccccc3)c3ccc(-c4ccc5c(c4)c4cc(-c6ccc(-c7ccccc7)cc6)ccc4n5-c4ccc5c6ccccc6c6ccccc6c5c4)cc3)ccc21. The Kier molecular flexibility index (Phi) is 10.3. The average molecular weight is 921 g/mol. The summed E-state index contributed by atoms with van der Waals surface area (Å²) < 4.78 is 2.47. The summed E-state index contributed by atoms with van der Waals surface area (Å²) >= 11 is 0. The third kappa shape index (κ3) is 6.94. The van der Waals surface area contributed by atoms with Crippen molar-refractivity contribution in [1.82, 2.24) is 4.57 Å². The molecule has 72 heavy (non-hydrogen) atoms. The average Bonchev–Trinajstić information content (AvgIpc) is 3.87. The van der Waals surface area contributed by atoms with Crippen LogP contribution in [0.2, 0.25) is 0 Å². The number of benzene rings is 11. The van der Waals surface area contributed by atoms with Crippen molar-refractivity contribution in [2.24, 2.45) is 0 Å². The Morgan fingerprint density at radius 3 is 1.43 bits per heavy atom. The zero-order valence-electron chi connectivity index (χ0n) is 40.8. The van der Waals surface area contributed by atoms with E-state index in [2.05, 4.69) is 279 Å². The highest BCUT2D eigenvalue weighted by atomic mass is 15.1. The molecule has 0 atom stereocenters. The molecule has 1 aromatic heterocycles. The molecule has 342 valence electrons. The minimum absolute atomic E-state index is 0.166. The molecule has 0 aliphatic heterocycles. The minimum Gasteiger partial charge on any atom is -0.310 e. The lowest BCUT2D eigenvalue weighted by molar-refractivity contribution is 0.654. The van der Waals surface area contributed by atoms with Crippen LogP contribution in [0.3, 0.4) is 0 Å². The van der Waals surface area contributed by atoms with E-state index in [1.165, 1.54) is 104 Å². The highest BCUT2D eigenvalue weighted by Gasteiger charge is 2.36. The number of allylic oxidation sites excluding steroid dienone is 5. The highest BCUT2D eigenvalue weighted by molar-refractivity contribution is 6.25. The second-order valence-electron chi connectivity index (χ2n) is 19.7. The maximum atomic E-state index is 4.22. The third-order valence-corrected chi connectivity index (χ3v) is 15.3. The smallest absolute Gasteiger partial charge is 0.0541 e. The molecule has 0 radical (unpaired) electrons. The number of anilines is 3. The largest absolute Gasteiger partial charge is 0.310 e. The summed E-state index contributed by atoms with van der Waals surface area (Å²) in [6.45, 7) is 11.0. The Morgan fingerprint density at radius 2 is 0.861 bits per heavy atom. The van der Waals surface area contributed by atoms with Crippen molar-refractivity contribution in [2.45, 2.75) is 26.2 Å². The van der Waals surface area contributed by atoms with Gasteiger partial charge in [-0.1, -0.05) is 196 Å². The fraction of sp³-hybridized carbons (Fsp3) is 0.0571. The van der Waals surface area contributed by atoms with E-state index in [-0.39, 0.29) is 5.41 Å². The van der Waals surface area contributed by atoms with Crippen molar-refractivity contribution in [1.29, 1.82) is 0 Å². The fourth-order valence-corrected chi connectivity index (χ4v) is 11.7. The fourth-order valence-electron chi connectivity index (χ4n) is 11.7. The molecule has 0 fully saturated rings. The molecular weight excluding hydrogens is 869 g/mol. The lowest BCUT2D eigenvalue weighted by Gasteiger charge is -2.28. The highest BCUT2D eigenvalue weighted by Crippen LogP contribution is 2.50. The van der Waals surface area contributed by atoms with Gasteiger partial charge in [-0.25, -0.2) is 0 Å². The predicted molar refractivity (Wildman–Crippen MR) is 309 cm³/mol. The predicted octanol–water partition coefficient (Wildman–Crippen LogP) is 19.5. The standard InChI is InChI=1S/C70H52N2/c1-5-17-66-56(6-2)62-39-37-55(45-67(62)70(66,3)4)71(52-20-11-8-12-21-52)53-34-30-49(31-35-53)51-33-41-69-65(43-51)64-42-50(48-28-26-47(27-29-48)46-18-9-7-10-19-46)32-40-68(64)72(69)54-36-38-61-59-24-14-13-22-57(59)58-23-15-16-25-60(58)63(61)44-54/h5-45H,2H2,1,3-4H3/b17-5-. The van der Waals surface area contributed by atoms with Gasteiger partial charge in [0.15, 0.2) is 0 Å². The van der Waals surface area contributed by atoms with Crippen LogP contribution in [0.4, 0.5) is 17.1 Å². The Hall–Kier alpha value is -8.98. The normalized spacial score (nSPS) is 13.3. The molecule has 11 aromatic carbocycles. The number of aromatic nitrogens is 1. The lowest BCUT2D eigenvalue weighted by Crippen LogP contribution is -2.17. The van der Waals surface area contributed by atoms with Gasteiger partial charge in [0.05, 0.1) is 11.0 Å². The van der Waals surface area contributed by atoms with Crippen molar-refractivity contribution >= 4 is 76.8 Å². The van der Waals surface area contributed by atoms with Crippen molar-refractivity contribution < 1.29 is 0 Å². The van der Waals surface area contributed by atoms with E-state index in [9.17, 15) is 0 Å². The van der Waals surface area contributed by atoms with Crippen LogP contribution >= 0.6 is 0 Å². The molecule has 0 bridgehead atoms. The molecule has 0 amide bonds. The Morgan fingerprint density at radius 1 is 0.403 bits per heavy atom. The van der Waals surface area contributed by atoms with E-state index in [0.29, 0.717) is 0 Å². The first-order valence-electron chi connectivity index (χ1n) is 25.1. The first-order valence-corrected chi connectivity index (χ1v) is 25.1. The summed E-state index contributed by atoms with van der Waals surface area (Å²) in [6.07, 6.45) is 6.40. The van der Waals surface area contributed by atoms with Crippen LogP contribution in [0.25, 0.3) is 98.8 Å². The van der Waals surface area contributed by atoms with Crippen LogP contribution in [0.5, 0.6) is 0 Å². The third-order valence-electron chi connectivity index (χ3n) is 15.3. The van der Waals surface area contributed by atoms with Crippen molar-refractivity contribution in [3.8, 4) is 39.1 Å². The molecule has 2 nitrogen and oxygen atoms in total. The molecule has 0 N–H and O–H groups in total. The van der Waals surface area contributed by atoms with Gasteiger partial charge in [0.1, 0.15) is 0 Å². The van der Waals surface area contributed by atoms with E-state index >= 15 is 0 Å². The van der Waals surface area contributed by atoms with E-state index in [1.807, 2.05) is 6.08 Å². The Labute approximate surface area is 421 Å². The maximum Gasteiger partial charge on any atom is 0.0541 e. The van der Waals surface area contributed by atoms with Crippen LogP contribution in [0, 0.1) is 0 Å². The number of hydrogen-bond donors (Lipinski definition) is 0. The van der Waals surface area contributed by atoms with Crippen LogP contribution in [0.1, 0.15) is 31.9 Å². The molecule has 1 aliphatic carbocycles. The molecule has 0 unspecified atom stereocenters. The first-order chi connectivity index (χ1) is 35.4. The quantitative estimate of drug-likeness (QED) is 0.131. The number of para-hydroxylation sites is 1. The van der Waals surface area contributed by atoms with E-state index in [4.69, 9.17) is 0 Å². The molecule has 0 saturated carbocycles. The Balaban J connectivity index is 0.943. The molecule has 0 saturated heterocycles. The summed E-state index contributed by atoms with van der Waals surface area (Å²) in [5, 5.41) is 10.1. The summed E-state index contributed by atoms with van der Waals surface area (Å²) in [5.41, 5.74) is 18.9. The van der Waals surface area contributed by atoms with Crippen molar-refractivity contribution in [2.75, 3.05) is 4.90 Å². The Bertz CT molecular complexity index is 4130.